The van der Waals surface area contributed by atoms with E-state index in [9.17, 15) is 14.8 Å². The van der Waals surface area contributed by atoms with E-state index in [1.165, 1.54) is 6.20 Å². The topological polar surface area (TPSA) is 109 Å². The second-order valence-corrected chi connectivity index (χ2v) is 5.97. The summed E-state index contributed by atoms with van der Waals surface area (Å²) in [6, 6.07) is 18.4. The van der Waals surface area contributed by atoms with Crippen LogP contribution in [0.1, 0.15) is 13.8 Å². The highest BCUT2D eigenvalue weighted by Crippen LogP contribution is 2.27. The van der Waals surface area contributed by atoms with Crippen molar-refractivity contribution in [3.05, 3.63) is 77.3 Å². The third-order valence-corrected chi connectivity index (χ3v) is 4.20. The zero-order chi connectivity index (χ0) is 21.5. The van der Waals surface area contributed by atoms with E-state index in [2.05, 4.69) is 20.6 Å². The fraction of sp³-hybridized carbons (Fsp3) is 0.0909. The van der Waals surface area contributed by atoms with Crippen LogP contribution in [0.25, 0.3) is 22.2 Å². The normalized spacial score (nSPS) is 10.1. The highest BCUT2D eigenvalue weighted by molar-refractivity contribution is 5.88. The first-order chi connectivity index (χ1) is 14.7. The molecule has 152 valence electrons. The SMILES string of the molecule is CC.O=CNc1ccc(-c2cccc(Nc3nc(=O)n(O)c4ncccc34)c2)cc1. The number of fused-ring (bicyclic) bond motifs is 1. The van der Waals surface area contributed by atoms with Gasteiger partial charge in [0.05, 0.1) is 5.39 Å². The molecule has 0 saturated carbocycles. The van der Waals surface area contributed by atoms with E-state index in [1.807, 2.05) is 62.4 Å². The van der Waals surface area contributed by atoms with E-state index in [4.69, 9.17) is 0 Å². The van der Waals surface area contributed by atoms with Crippen LogP contribution in [0.5, 0.6) is 0 Å². The summed E-state index contributed by atoms with van der Waals surface area (Å²) in [6.07, 6.45) is 2.12. The number of rotatable bonds is 5. The molecule has 0 bridgehead atoms. The van der Waals surface area contributed by atoms with Gasteiger partial charge in [-0.25, -0.2) is 9.78 Å². The number of pyridine rings is 1. The summed E-state index contributed by atoms with van der Waals surface area (Å²) in [4.78, 5) is 30.4. The van der Waals surface area contributed by atoms with E-state index < -0.39 is 5.69 Å². The molecule has 0 spiro atoms. The number of hydrogen-bond donors (Lipinski definition) is 3. The average Bonchev–Trinajstić information content (AvgIpc) is 2.80. The zero-order valence-electron chi connectivity index (χ0n) is 16.5. The third-order valence-electron chi connectivity index (χ3n) is 4.20. The van der Waals surface area contributed by atoms with E-state index in [0.717, 1.165) is 16.8 Å². The summed E-state index contributed by atoms with van der Waals surface area (Å²) in [5, 5.41) is 16.1. The Kier molecular flexibility index (Phi) is 6.39. The summed E-state index contributed by atoms with van der Waals surface area (Å²) >= 11 is 0. The van der Waals surface area contributed by atoms with Crippen molar-refractivity contribution < 1.29 is 10.0 Å². The van der Waals surface area contributed by atoms with E-state index in [0.29, 0.717) is 28.0 Å². The van der Waals surface area contributed by atoms with Crippen molar-refractivity contribution >= 4 is 34.6 Å². The Bertz CT molecular complexity index is 1220. The molecule has 0 aliphatic rings. The van der Waals surface area contributed by atoms with Gasteiger partial charge in [0.1, 0.15) is 5.82 Å². The van der Waals surface area contributed by atoms with Crippen LogP contribution in [0.2, 0.25) is 0 Å². The lowest BCUT2D eigenvalue weighted by Crippen LogP contribution is -2.23. The van der Waals surface area contributed by atoms with Gasteiger partial charge in [0, 0.05) is 17.6 Å². The Morgan fingerprint density at radius 2 is 1.73 bits per heavy atom. The molecule has 4 rings (SSSR count). The second-order valence-electron chi connectivity index (χ2n) is 5.97. The molecule has 4 aromatic rings. The first-order valence-electron chi connectivity index (χ1n) is 9.40. The van der Waals surface area contributed by atoms with Gasteiger partial charge in [-0.05, 0) is 47.5 Å². The minimum Gasteiger partial charge on any atom is -0.422 e. The fourth-order valence-corrected chi connectivity index (χ4v) is 2.88. The van der Waals surface area contributed by atoms with Crippen molar-refractivity contribution in [1.29, 1.82) is 0 Å². The number of carbonyl (C=O) groups excluding carboxylic acids is 1. The highest BCUT2D eigenvalue weighted by atomic mass is 16.5. The quantitative estimate of drug-likeness (QED) is 0.343. The van der Waals surface area contributed by atoms with E-state index in [1.54, 1.807) is 12.1 Å². The summed E-state index contributed by atoms with van der Waals surface area (Å²) in [7, 11) is 0. The number of carbonyl (C=O) groups is 1. The molecule has 8 heteroatoms. The van der Waals surface area contributed by atoms with Crippen LogP contribution in [0.4, 0.5) is 17.2 Å². The van der Waals surface area contributed by atoms with Crippen molar-refractivity contribution in [2.45, 2.75) is 13.8 Å². The number of benzene rings is 2. The Balaban J connectivity index is 0.00000124. The standard InChI is InChI=1S/C20H15N5O3.C2H6/c26-12-22-15-8-6-13(7-9-15)14-3-1-4-16(11-14)23-18-17-5-2-10-21-19(17)25(28)20(27)24-18;1-2/h1-12,28H,(H,22,26)(H,23,24,27);1-2H3. The van der Waals surface area contributed by atoms with Crippen molar-refractivity contribution in [3.63, 3.8) is 0 Å². The molecule has 2 aromatic heterocycles. The van der Waals surface area contributed by atoms with Crippen LogP contribution in [0.15, 0.2) is 71.7 Å². The minimum absolute atomic E-state index is 0.124. The monoisotopic (exact) mass is 403 g/mol. The molecule has 1 amide bonds. The van der Waals surface area contributed by atoms with Crippen LogP contribution >= 0.6 is 0 Å². The first-order valence-corrected chi connectivity index (χ1v) is 9.40. The van der Waals surface area contributed by atoms with Crippen molar-refractivity contribution in [2.24, 2.45) is 0 Å². The summed E-state index contributed by atoms with van der Waals surface area (Å²) in [5.74, 6) is 0.307. The van der Waals surface area contributed by atoms with Crippen molar-refractivity contribution in [3.8, 4) is 11.1 Å². The van der Waals surface area contributed by atoms with Crippen LogP contribution in [-0.2, 0) is 4.79 Å². The average molecular weight is 403 g/mol. The molecule has 0 atom stereocenters. The second kappa shape index (κ2) is 9.33. The molecule has 0 saturated heterocycles. The number of nitrogens with one attached hydrogen (secondary N) is 2. The lowest BCUT2D eigenvalue weighted by atomic mass is 10.0. The molecule has 8 nitrogen and oxygen atoms in total. The van der Waals surface area contributed by atoms with Gasteiger partial charge in [-0.3, -0.25) is 4.79 Å². The third kappa shape index (κ3) is 4.27. The zero-order valence-corrected chi connectivity index (χ0v) is 16.5. The van der Waals surface area contributed by atoms with E-state index in [-0.39, 0.29) is 5.65 Å². The maximum Gasteiger partial charge on any atom is 0.384 e. The van der Waals surface area contributed by atoms with Crippen LogP contribution in [0, 0.1) is 0 Å². The molecule has 0 aliphatic heterocycles. The number of aromatic nitrogens is 3. The van der Waals surface area contributed by atoms with Crippen LogP contribution in [0.3, 0.4) is 0 Å². The maximum atomic E-state index is 11.9. The van der Waals surface area contributed by atoms with Gasteiger partial charge < -0.3 is 15.8 Å². The Morgan fingerprint density at radius 3 is 2.47 bits per heavy atom. The molecule has 0 aliphatic carbocycles. The van der Waals surface area contributed by atoms with E-state index >= 15 is 0 Å². The number of hydrogen-bond acceptors (Lipinski definition) is 6. The number of amides is 1. The van der Waals surface area contributed by atoms with Gasteiger partial charge >= 0.3 is 5.69 Å². The molecular formula is C22H21N5O3. The molecule has 0 radical (unpaired) electrons. The van der Waals surface area contributed by atoms with Gasteiger partial charge in [0.2, 0.25) is 6.41 Å². The fourth-order valence-electron chi connectivity index (χ4n) is 2.88. The molecular weight excluding hydrogens is 382 g/mol. The van der Waals surface area contributed by atoms with Gasteiger partial charge in [0.25, 0.3) is 0 Å². The molecule has 2 heterocycles. The molecule has 2 aromatic carbocycles. The lowest BCUT2D eigenvalue weighted by molar-refractivity contribution is -0.105. The Hall–Kier alpha value is -4.20. The largest absolute Gasteiger partial charge is 0.422 e. The van der Waals surface area contributed by atoms with Gasteiger partial charge in [-0.2, -0.15) is 4.98 Å². The number of anilines is 3. The summed E-state index contributed by atoms with van der Waals surface area (Å²) in [6.45, 7) is 4.00. The molecule has 3 N–H and O–H groups in total. The van der Waals surface area contributed by atoms with Gasteiger partial charge in [0.15, 0.2) is 5.65 Å². The van der Waals surface area contributed by atoms with Crippen molar-refractivity contribution in [2.75, 3.05) is 10.6 Å². The van der Waals surface area contributed by atoms with Crippen LogP contribution < -0.4 is 16.3 Å². The molecule has 0 fully saturated rings. The Morgan fingerprint density at radius 1 is 0.967 bits per heavy atom. The molecule has 30 heavy (non-hydrogen) atoms. The first kappa shape index (κ1) is 20.5. The number of nitrogens with zero attached hydrogens (tertiary/aromatic N) is 3. The summed E-state index contributed by atoms with van der Waals surface area (Å²) in [5.41, 5.74) is 2.65. The van der Waals surface area contributed by atoms with Crippen LogP contribution in [-0.4, -0.2) is 26.3 Å². The Labute approximate surface area is 172 Å². The summed E-state index contributed by atoms with van der Waals surface area (Å²) < 4.78 is 0.422. The van der Waals surface area contributed by atoms with Crippen molar-refractivity contribution in [1.82, 2.24) is 14.7 Å². The maximum absolute atomic E-state index is 11.9. The predicted molar refractivity (Wildman–Crippen MR) is 117 cm³/mol. The molecule has 0 unspecified atom stereocenters. The smallest absolute Gasteiger partial charge is 0.384 e. The van der Waals surface area contributed by atoms with Gasteiger partial charge in [-0.1, -0.05) is 38.1 Å². The lowest BCUT2D eigenvalue weighted by Gasteiger charge is -2.11. The predicted octanol–water partition coefficient (Wildman–Crippen LogP) is 4.03. The van der Waals surface area contributed by atoms with Gasteiger partial charge in [-0.15, -0.1) is 4.73 Å². The highest BCUT2D eigenvalue weighted by Gasteiger charge is 2.11. The minimum atomic E-state index is -0.817.